The average Bonchev–Trinajstić information content (AvgIpc) is 2.26. The number of nitrogen functional groups attached to an aromatic ring is 1. The molecule has 0 aromatic heterocycles. The molecule has 1 atom stereocenters. The highest BCUT2D eigenvalue weighted by Gasteiger charge is 2.18. The van der Waals surface area contributed by atoms with E-state index in [0.29, 0.717) is 12.3 Å². The van der Waals surface area contributed by atoms with Crippen LogP contribution in [0.15, 0.2) is 18.2 Å². The van der Waals surface area contributed by atoms with Crippen molar-refractivity contribution in [3.05, 3.63) is 29.3 Å². The number of carbonyl (C=O) groups excluding carboxylic acids is 1. The van der Waals surface area contributed by atoms with Crippen molar-refractivity contribution in [3.63, 3.8) is 0 Å². The number of hydrogen-bond donors (Lipinski definition) is 2. The molecule has 1 aromatic carbocycles. The number of nitrogens with two attached hydrogens (primary N) is 1. The predicted octanol–water partition coefficient (Wildman–Crippen LogP) is 1.04. The minimum Gasteiger partial charge on any atom is -0.399 e. The molecule has 3 N–H and O–H groups in total. The summed E-state index contributed by atoms with van der Waals surface area (Å²) in [6.07, 6.45) is 0.449. The number of anilines is 1. The van der Waals surface area contributed by atoms with Crippen LogP contribution in [0.4, 0.5) is 5.69 Å². The van der Waals surface area contributed by atoms with Gasteiger partial charge < -0.3 is 11.1 Å². The number of amides is 1. The molecule has 2 rings (SSSR count). The minimum absolute atomic E-state index is 0.0844. The lowest BCUT2D eigenvalue weighted by Crippen LogP contribution is -2.25. The van der Waals surface area contributed by atoms with Crippen LogP contribution in [0.1, 0.15) is 24.0 Å². The van der Waals surface area contributed by atoms with Crippen molar-refractivity contribution < 1.29 is 4.79 Å². The first-order valence-corrected chi connectivity index (χ1v) is 4.82. The SMILES string of the molecule is CC1CNC(=O)Cc2cc(N)ccc21. The highest BCUT2D eigenvalue weighted by molar-refractivity contribution is 5.80. The van der Waals surface area contributed by atoms with Gasteiger partial charge in [0, 0.05) is 12.2 Å². The van der Waals surface area contributed by atoms with Crippen LogP contribution < -0.4 is 11.1 Å². The van der Waals surface area contributed by atoms with Crippen molar-refractivity contribution >= 4 is 11.6 Å². The topological polar surface area (TPSA) is 55.1 Å². The van der Waals surface area contributed by atoms with Gasteiger partial charge in [-0.15, -0.1) is 0 Å². The lowest BCUT2D eigenvalue weighted by molar-refractivity contribution is -0.120. The predicted molar refractivity (Wildman–Crippen MR) is 56.0 cm³/mol. The molecule has 0 saturated carbocycles. The Hall–Kier alpha value is -1.51. The monoisotopic (exact) mass is 190 g/mol. The van der Waals surface area contributed by atoms with Gasteiger partial charge in [0.15, 0.2) is 0 Å². The molecule has 14 heavy (non-hydrogen) atoms. The second-order valence-corrected chi connectivity index (χ2v) is 3.84. The summed E-state index contributed by atoms with van der Waals surface area (Å²) in [7, 11) is 0. The summed E-state index contributed by atoms with van der Waals surface area (Å²) in [6.45, 7) is 2.83. The van der Waals surface area contributed by atoms with Crippen LogP contribution in [0.5, 0.6) is 0 Å². The molecule has 1 aliphatic rings. The van der Waals surface area contributed by atoms with Gasteiger partial charge in [0.1, 0.15) is 0 Å². The Morgan fingerprint density at radius 2 is 2.29 bits per heavy atom. The highest BCUT2D eigenvalue weighted by atomic mass is 16.1. The first-order chi connectivity index (χ1) is 6.66. The molecule has 0 saturated heterocycles. The molecule has 1 amide bonds. The van der Waals surface area contributed by atoms with E-state index in [9.17, 15) is 4.79 Å². The van der Waals surface area contributed by atoms with E-state index in [2.05, 4.69) is 12.2 Å². The van der Waals surface area contributed by atoms with Gasteiger partial charge in [-0.1, -0.05) is 13.0 Å². The van der Waals surface area contributed by atoms with Gasteiger partial charge in [-0.3, -0.25) is 4.79 Å². The number of benzene rings is 1. The van der Waals surface area contributed by atoms with E-state index in [4.69, 9.17) is 5.73 Å². The summed E-state index contributed by atoms with van der Waals surface area (Å²) < 4.78 is 0. The van der Waals surface area contributed by atoms with Crippen molar-refractivity contribution in [1.29, 1.82) is 0 Å². The van der Waals surface area contributed by atoms with Crippen LogP contribution in [0.3, 0.4) is 0 Å². The molecule has 1 heterocycles. The van der Waals surface area contributed by atoms with Crippen LogP contribution in [-0.2, 0) is 11.2 Å². The smallest absolute Gasteiger partial charge is 0.224 e. The Morgan fingerprint density at radius 3 is 3.07 bits per heavy atom. The van der Waals surface area contributed by atoms with Crippen LogP contribution in [-0.4, -0.2) is 12.5 Å². The zero-order chi connectivity index (χ0) is 10.1. The lowest BCUT2D eigenvalue weighted by atomic mass is 9.95. The Labute approximate surface area is 83.3 Å². The molecule has 3 heteroatoms. The summed E-state index contributed by atoms with van der Waals surface area (Å²) >= 11 is 0. The van der Waals surface area contributed by atoms with E-state index in [1.165, 1.54) is 5.56 Å². The third kappa shape index (κ3) is 1.58. The molecule has 0 bridgehead atoms. The Morgan fingerprint density at radius 1 is 1.50 bits per heavy atom. The van der Waals surface area contributed by atoms with Crippen molar-refractivity contribution in [3.8, 4) is 0 Å². The molecule has 1 aromatic rings. The Kier molecular flexibility index (Phi) is 2.15. The van der Waals surface area contributed by atoms with E-state index >= 15 is 0 Å². The third-order valence-corrected chi connectivity index (χ3v) is 2.65. The van der Waals surface area contributed by atoms with Crippen LogP contribution in [0.25, 0.3) is 0 Å². The second kappa shape index (κ2) is 3.33. The van der Waals surface area contributed by atoms with Gasteiger partial charge in [-0.25, -0.2) is 0 Å². The quantitative estimate of drug-likeness (QED) is 0.601. The number of fused-ring (bicyclic) bond motifs is 1. The number of nitrogens with one attached hydrogen (secondary N) is 1. The third-order valence-electron chi connectivity index (χ3n) is 2.65. The maximum Gasteiger partial charge on any atom is 0.224 e. The summed E-state index contributed by atoms with van der Waals surface area (Å²) in [5.74, 6) is 0.457. The molecule has 0 aliphatic carbocycles. The molecule has 0 radical (unpaired) electrons. The number of rotatable bonds is 0. The number of hydrogen-bond acceptors (Lipinski definition) is 2. The van der Waals surface area contributed by atoms with E-state index in [1.807, 2.05) is 18.2 Å². The van der Waals surface area contributed by atoms with E-state index in [0.717, 1.165) is 17.8 Å². The van der Waals surface area contributed by atoms with Crippen molar-refractivity contribution in [2.45, 2.75) is 19.3 Å². The van der Waals surface area contributed by atoms with E-state index in [1.54, 1.807) is 0 Å². The Bertz CT molecular complexity index is 374. The largest absolute Gasteiger partial charge is 0.399 e. The molecule has 3 nitrogen and oxygen atoms in total. The Balaban J connectivity index is 2.46. The molecule has 1 unspecified atom stereocenters. The van der Waals surface area contributed by atoms with Crippen LogP contribution in [0.2, 0.25) is 0 Å². The van der Waals surface area contributed by atoms with E-state index < -0.39 is 0 Å². The van der Waals surface area contributed by atoms with Crippen molar-refractivity contribution in [1.82, 2.24) is 5.32 Å². The van der Waals surface area contributed by atoms with Crippen molar-refractivity contribution in [2.24, 2.45) is 0 Å². The molecule has 74 valence electrons. The fraction of sp³-hybridized carbons (Fsp3) is 0.364. The minimum atomic E-state index is 0.0844. The molecular formula is C11H14N2O. The second-order valence-electron chi connectivity index (χ2n) is 3.84. The normalized spacial score (nSPS) is 20.9. The first kappa shape index (κ1) is 9.06. The molecule has 1 aliphatic heterocycles. The lowest BCUT2D eigenvalue weighted by Gasteiger charge is -2.11. The average molecular weight is 190 g/mol. The van der Waals surface area contributed by atoms with Gasteiger partial charge in [0.05, 0.1) is 6.42 Å². The highest BCUT2D eigenvalue weighted by Crippen LogP contribution is 2.24. The van der Waals surface area contributed by atoms with Gasteiger partial charge >= 0.3 is 0 Å². The molecule has 0 fully saturated rings. The van der Waals surface area contributed by atoms with Gasteiger partial charge in [-0.2, -0.15) is 0 Å². The van der Waals surface area contributed by atoms with Gasteiger partial charge in [-0.05, 0) is 29.2 Å². The zero-order valence-corrected chi connectivity index (χ0v) is 8.21. The van der Waals surface area contributed by atoms with Crippen molar-refractivity contribution in [2.75, 3.05) is 12.3 Å². The molecule has 0 spiro atoms. The summed E-state index contributed by atoms with van der Waals surface area (Å²) in [5.41, 5.74) is 8.72. The fourth-order valence-electron chi connectivity index (χ4n) is 1.87. The molecular weight excluding hydrogens is 176 g/mol. The van der Waals surface area contributed by atoms with Gasteiger partial charge in [0.25, 0.3) is 0 Å². The standard InChI is InChI=1S/C11H14N2O/c1-7-6-13-11(14)5-8-4-9(12)2-3-10(7)8/h2-4,7H,5-6,12H2,1H3,(H,13,14). The maximum absolute atomic E-state index is 11.4. The van der Waals surface area contributed by atoms with Crippen LogP contribution >= 0.6 is 0 Å². The summed E-state index contributed by atoms with van der Waals surface area (Å²) in [4.78, 5) is 11.4. The summed E-state index contributed by atoms with van der Waals surface area (Å²) in [6, 6.07) is 5.82. The fourth-order valence-corrected chi connectivity index (χ4v) is 1.87. The maximum atomic E-state index is 11.4. The zero-order valence-electron chi connectivity index (χ0n) is 8.21. The van der Waals surface area contributed by atoms with Gasteiger partial charge in [0.2, 0.25) is 5.91 Å². The first-order valence-electron chi connectivity index (χ1n) is 4.82. The number of carbonyl (C=O) groups is 1. The van der Waals surface area contributed by atoms with Crippen LogP contribution in [0, 0.1) is 0 Å². The summed E-state index contributed by atoms with van der Waals surface area (Å²) in [5, 5.41) is 2.88. The van der Waals surface area contributed by atoms with E-state index in [-0.39, 0.29) is 5.91 Å².